The number of rotatable bonds is 8. The molecule has 25 heavy (non-hydrogen) atoms. The van der Waals surface area contributed by atoms with Crippen LogP contribution in [0.2, 0.25) is 0 Å². The largest absolute Gasteiger partial charge is 0.489 e. The molecule has 0 aromatic heterocycles. The zero-order chi connectivity index (χ0) is 18.1. The van der Waals surface area contributed by atoms with Gasteiger partial charge in [-0.25, -0.2) is 0 Å². The first kappa shape index (κ1) is 18.5. The first-order chi connectivity index (χ1) is 12.1. The van der Waals surface area contributed by atoms with Crippen LogP contribution in [0.4, 0.5) is 5.69 Å². The van der Waals surface area contributed by atoms with Crippen LogP contribution in [-0.2, 0) is 9.53 Å². The summed E-state index contributed by atoms with van der Waals surface area (Å²) in [4.78, 5) is 12.1. The van der Waals surface area contributed by atoms with Gasteiger partial charge in [0.25, 0.3) is 0 Å². The Kier molecular flexibility index (Phi) is 7.04. The van der Waals surface area contributed by atoms with Crippen molar-refractivity contribution in [2.24, 2.45) is 0 Å². The van der Waals surface area contributed by atoms with E-state index in [2.05, 4.69) is 5.32 Å². The summed E-state index contributed by atoms with van der Waals surface area (Å²) in [5, 5.41) is 2.83. The van der Waals surface area contributed by atoms with E-state index in [4.69, 9.17) is 14.2 Å². The van der Waals surface area contributed by atoms with E-state index in [1.165, 1.54) is 6.08 Å². The molecule has 2 rings (SSSR count). The minimum absolute atomic E-state index is 0.0347. The molecular formula is C20H23NO4. The van der Waals surface area contributed by atoms with Gasteiger partial charge >= 0.3 is 0 Å². The Labute approximate surface area is 148 Å². The number of amides is 1. The number of hydrogen-bond acceptors (Lipinski definition) is 4. The second-order valence-corrected chi connectivity index (χ2v) is 5.61. The lowest BCUT2D eigenvalue weighted by atomic mass is 10.2. The average Bonchev–Trinajstić information content (AvgIpc) is 2.60. The number of methoxy groups -OCH3 is 1. The van der Waals surface area contributed by atoms with Gasteiger partial charge in [-0.1, -0.05) is 24.3 Å². The molecule has 0 atom stereocenters. The third kappa shape index (κ3) is 6.31. The summed E-state index contributed by atoms with van der Waals surface area (Å²) in [6.07, 6.45) is 3.26. The van der Waals surface area contributed by atoms with Crippen LogP contribution in [0, 0.1) is 0 Å². The van der Waals surface area contributed by atoms with Gasteiger partial charge in [0.05, 0.1) is 11.8 Å². The maximum absolute atomic E-state index is 12.1. The van der Waals surface area contributed by atoms with Gasteiger partial charge in [-0.05, 0) is 49.8 Å². The van der Waals surface area contributed by atoms with E-state index in [9.17, 15) is 4.79 Å². The van der Waals surface area contributed by atoms with Gasteiger partial charge < -0.3 is 19.5 Å². The molecule has 2 aromatic rings. The van der Waals surface area contributed by atoms with Gasteiger partial charge in [-0.2, -0.15) is 0 Å². The van der Waals surface area contributed by atoms with Crippen LogP contribution in [0.25, 0.3) is 6.08 Å². The fourth-order valence-corrected chi connectivity index (χ4v) is 2.08. The summed E-state index contributed by atoms with van der Waals surface area (Å²) >= 11 is 0. The number of carbonyl (C=O) groups is 1. The van der Waals surface area contributed by atoms with Crippen molar-refractivity contribution in [2.45, 2.75) is 20.0 Å². The number of hydrogen-bond donors (Lipinski definition) is 1. The second-order valence-electron chi connectivity index (χ2n) is 5.61. The topological polar surface area (TPSA) is 56.8 Å². The predicted octanol–water partition coefficient (Wildman–Crippen LogP) is 4.11. The van der Waals surface area contributed by atoms with Crippen LogP contribution in [0.3, 0.4) is 0 Å². The molecule has 0 aliphatic carbocycles. The van der Waals surface area contributed by atoms with E-state index in [-0.39, 0.29) is 18.8 Å². The molecule has 0 spiro atoms. The Morgan fingerprint density at radius 1 is 1.12 bits per heavy atom. The maximum Gasteiger partial charge on any atom is 0.248 e. The Hall–Kier alpha value is -2.79. The Morgan fingerprint density at radius 3 is 2.52 bits per heavy atom. The van der Waals surface area contributed by atoms with Crippen LogP contribution in [0.1, 0.15) is 19.4 Å². The fraction of sp³-hybridized carbons (Fsp3) is 0.250. The monoisotopic (exact) mass is 341 g/mol. The number of ether oxygens (including phenoxy) is 3. The minimum Gasteiger partial charge on any atom is -0.489 e. The number of benzene rings is 2. The van der Waals surface area contributed by atoms with Gasteiger partial charge in [-0.15, -0.1) is 0 Å². The number of para-hydroxylation sites is 2. The Bertz CT molecular complexity index is 708. The molecule has 0 unspecified atom stereocenters. The molecule has 5 nitrogen and oxygen atoms in total. The van der Waals surface area contributed by atoms with Gasteiger partial charge in [0.2, 0.25) is 5.91 Å². The van der Waals surface area contributed by atoms with Crippen molar-refractivity contribution in [1.29, 1.82) is 0 Å². The van der Waals surface area contributed by atoms with Gasteiger partial charge in [0.15, 0.2) is 6.79 Å². The summed E-state index contributed by atoms with van der Waals surface area (Å²) < 4.78 is 15.9. The molecule has 0 heterocycles. The van der Waals surface area contributed by atoms with Gasteiger partial charge in [0.1, 0.15) is 11.5 Å². The summed E-state index contributed by atoms with van der Waals surface area (Å²) in [5.74, 6) is 1.14. The highest BCUT2D eigenvalue weighted by molar-refractivity contribution is 6.02. The summed E-state index contributed by atoms with van der Waals surface area (Å²) in [6, 6.07) is 14.7. The zero-order valence-corrected chi connectivity index (χ0v) is 14.7. The zero-order valence-electron chi connectivity index (χ0n) is 14.7. The average molecular weight is 341 g/mol. The molecule has 0 fully saturated rings. The predicted molar refractivity (Wildman–Crippen MR) is 98.8 cm³/mol. The summed E-state index contributed by atoms with van der Waals surface area (Å²) in [7, 11) is 1.57. The SMILES string of the molecule is COCOc1ccc(/C=C/C(=O)Nc2ccccc2OC(C)C)cc1. The van der Waals surface area contributed by atoms with Crippen LogP contribution in [0.5, 0.6) is 11.5 Å². The molecule has 0 aliphatic heterocycles. The summed E-state index contributed by atoms with van der Waals surface area (Å²) in [5.41, 5.74) is 1.54. The Balaban J connectivity index is 1.97. The lowest BCUT2D eigenvalue weighted by Gasteiger charge is -2.14. The van der Waals surface area contributed by atoms with Crippen molar-refractivity contribution in [3.63, 3.8) is 0 Å². The smallest absolute Gasteiger partial charge is 0.248 e. The van der Waals surface area contributed by atoms with E-state index in [1.54, 1.807) is 13.2 Å². The summed E-state index contributed by atoms with van der Waals surface area (Å²) in [6.45, 7) is 4.09. The fourth-order valence-electron chi connectivity index (χ4n) is 2.08. The quantitative estimate of drug-likeness (QED) is 0.580. The van der Waals surface area contributed by atoms with Crippen LogP contribution < -0.4 is 14.8 Å². The molecule has 5 heteroatoms. The van der Waals surface area contributed by atoms with Gasteiger partial charge in [0, 0.05) is 13.2 Å². The molecule has 0 radical (unpaired) electrons. The lowest BCUT2D eigenvalue weighted by molar-refractivity contribution is -0.111. The van der Waals surface area contributed by atoms with E-state index in [0.29, 0.717) is 17.2 Å². The molecule has 0 saturated heterocycles. The minimum atomic E-state index is -0.223. The van der Waals surface area contributed by atoms with Crippen molar-refractivity contribution in [3.8, 4) is 11.5 Å². The van der Waals surface area contributed by atoms with Crippen molar-refractivity contribution in [2.75, 3.05) is 19.2 Å². The van der Waals surface area contributed by atoms with Gasteiger partial charge in [-0.3, -0.25) is 4.79 Å². The molecule has 0 aliphatic rings. The molecule has 1 N–H and O–H groups in total. The highest BCUT2D eigenvalue weighted by Crippen LogP contribution is 2.24. The van der Waals surface area contributed by atoms with Crippen molar-refractivity contribution in [3.05, 3.63) is 60.2 Å². The molecule has 0 bridgehead atoms. The van der Waals surface area contributed by atoms with Crippen molar-refractivity contribution < 1.29 is 19.0 Å². The standard InChI is InChI=1S/C20H23NO4/c1-15(2)25-19-7-5-4-6-18(19)21-20(22)13-10-16-8-11-17(12-9-16)24-14-23-3/h4-13,15H,14H2,1-3H3,(H,21,22)/b13-10+. The first-order valence-electron chi connectivity index (χ1n) is 8.05. The van der Waals surface area contributed by atoms with E-state index in [0.717, 1.165) is 5.56 Å². The van der Waals surface area contributed by atoms with Crippen LogP contribution in [0.15, 0.2) is 54.6 Å². The highest BCUT2D eigenvalue weighted by Gasteiger charge is 2.06. The van der Waals surface area contributed by atoms with Crippen molar-refractivity contribution >= 4 is 17.7 Å². The lowest BCUT2D eigenvalue weighted by Crippen LogP contribution is -2.12. The second kappa shape index (κ2) is 9.49. The molecular weight excluding hydrogens is 318 g/mol. The van der Waals surface area contributed by atoms with E-state index in [1.807, 2.05) is 62.4 Å². The molecule has 0 saturated carbocycles. The van der Waals surface area contributed by atoms with Crippen LogP contribution >= 0.6 is 0 Å². The van der Waals surface area contributed by atoms with Crippen molar-refractivity contribution in [1.82, 2.24) is 0 Å². The normalized spacial score (nSPS) is 10.9. The third-order valence-corrected chi connectivity index (χ3v) is 3.16. The molecule has 132 valence electrons. The van der Waals surface area contributed by atoms with Crippen LogP contribution in [-0.4, -0.2) is 25.9 Å². The van der Waals surface area contributed by atoms with E-state index < -0.39 is 0 Å². The first-order valence-corrected chi connectivity index (χ1v) is 8.05. The number of anilines is 1. The number of nitrogens with one attached hydrogen (secondary N) is 1. The maximum atomic E-state index is 12.1. The highest BCUT2D eigenvalue weighted by atomic mass is 16.7. The molecule has 2 aromatic carbocycles. The van der Waals surface area contributed by atoms with E-state index >= 15 is 0 Å². The third-order valence-electron chi connectivity index (χ3n) is 3.16. The Morgan fingerprint density at radius 2 is 1.84 bits per heavy atom. The molecule has 1 amide bonds. The number of carbonyl (C=O) groups excluding carboxylic acids is 1.